The van der Waals surface area contributed by atoms with E-state index in [2.05, 4.69) is 71.0 Å². The monoisotopic (exact) mass is 343 g/mol. The second kappa shape index (κ2) is 5.53. The maximum absolute atomic E-state index is 4.75. The van der Waals surface area contributed by atoms with Crippen LogP contribution in [0.1, 0.15) is 24.4 Å². The Morgan fingerprint density at radius 3 is 2.67 bits per heavy atom. The van der Waals surface area contributed by atoms with Crippen molar-refractivity contribution in [3.05, 3.63) is 58.3 Å². The van der Waals surface area contributed by atoms with Crippen LogP contribution < -0.4 is 5.32 Å². The van der Waals surface area contributed by atoms with Gasteiger partial charge in [-0.15, -0.1) is 0 Å². The van der Waals surface area contributed by atoms with Crippen molar-refractivity contribution in [1.82, 2.24) is 9.55 Å². The largest absolute Gasteiger partial charge is 0.375 e. The van der Waals surface area contributed by atoms with Gasteiger partial charge in [-0.05, 0) is 43.7 Å². The van der Waals surface area contributed by atoms with E-state index in [4.69, 9.17) is 4.98 Å². The summed E-state index contributed by atoms with van der Waals surface area (Å²) >= 11 is 3.57. The molecule has 2 aromatic carbocycles. The van der Waals surface area contributed by atoms with Gasteiger partial charge in [-0.2, -0.15) is 0 Å². The molecule has 1 atom stereocenters. The lowest BCUT2D eigenvalue weighted by Gasteiger charge is -2.17. The van der Waals surface area contributed by atoms with Crippen molar-refractivity contribution in [1.29, 1.82) is 0 Å². The Bertz CT molecular complexity index is 792. The lowest BCUT2D eigenvalue weighted by Crippen LogP contribution is -2.12. The Kier molecular flexibility index (Phi) is 3.72. The topological polar surface area (TPSA) is 29.9 Å². The Morgan fingerprint density at radius 2 is 1.90 bits per heavy atom. The minimum absolute atomic E-state index is 0.135. The molecule has 0 saturated heterocycles. The zero-order chi connectivity index (χ0) is 15.0. The van der Waals surface area contributed by atoms with E-state index in [1.807, 2.05) is 18.2 Å². The molecule has 0 radical (unpaired) electrons. The average molecular weight is 344 g/mol. The van der Waals surface area contributed by atoms with Crippen molar-refractivity contribution in [2.45, 2.75) is 19.9 Å². The number of hydrogen-bond donors (Lipinski definition) is 1. The average Bonchev–Trinajstić information content (AvgIpc) is 2.82. The number of imidazole rings is 1. The molecule has 0 aliphatic heterocycles. The van der Waals surface area contributed by atoms with Gasteiger partial charge in [-0.1, -0.05) is 34.1 Å². The van der Waals surface area contributed by atoms with Crippen LogP contribution in [0, 0.1) is 6.92 Å². The number of nitrogens with one attached hydrogen (secondary N) is 1. The molecule has 0 amide bonds. The first-order valence-corrected chi connectivity index (χ1v) is 7.80. The Balaban J connectivity index is 1.95. The molecule has 0 saturated carbocycles. The van der Waals surface area contributed by atoms with E-state index >= 15 is 0 Å². The Hall–Kier alpha value is -1.81. The number of para-hydroxylation sites is 2. The molecular formula is C17H18BrN3. The predicted octanol–water partition coefficient (Wildman–Crippen LogP) is 4.82. The highest BCUT2D eigenvalue weighted by Crippen LogP contribution is 2.27. The van der Waals surface area contributed by atoms with E-state index in [0.29, 0.717) is 0 Å². The van der Waals surface area contributed by atoms with Crippen LogP contribution in [0.2, 0.25) is 0 Å². The van der Waals surface area contributed by atoms with Crippen molar-refractivity contribution in [3.8, 4) is 0 Å². The van der Waals surface area contributed by atoms with E-state index in [1.165, 1.54) is 5.56 Å². The smallest absolute Gasteiger partial charge is 0.131 e. The predicted molar refractivity (Wildman–Crippen MR) is 91.6 cm³/mol. The first-order valence-electron chi connectivity index (χ1n) is 7.01. The molecular weight excluding hydrogens is 326 g/mol. The third-order valence-corrected chi connectivity index (χ3v) is 4.71. The number of hydrogen-bond acceptors (Lipinski definition) is 2. The fourth-order valence-corrected chi connectivity index (χ4v) is 2.98. The molecule has 0 fully saturated rings. The number of halogens is 1. The molecule has 1 heterocycles. The zero-order valence-corrected chi connectivity index (χ0v) is 14.0. The van der Waals surface area contributed by atoms with Gasteiger partial charge in [0.2, 0.25) is 0 Å². The van der Waals surface area contributed by atoms with Gasteiger partial charge in [-0.3, -0.25) is 0 Å². The molecule has 3 nitrogen and oxygen atoms in total. The molecule has 0 aliphatic carbocycles. The van der Waals surface area contributed by atoms with Crippen molar-refractivity contribution in [2.24, 2.45) is 7.05 Å². The summed E-state index contributed by atoms with van der Waals surface area (Å²) < 4.78 is 3.27. The maximum atomic E-state index is 4.75. The highest BCUT2D eigenvalue weighted by molar-refractivity contribution is 9.10. The number of anilines is 1. The lowest BCUT2D eigenvalue weighted by molar-refractivity contribution is 0.733. The van der Waals surface area contributed by atoms with Crippen molar-refractivity contribution < 1.29 is 0 Å². The van der Waals surface area contributed by atoms with Gasteiger partial charge < -0.3 is 9.88 Å². The summed E-state index contributed by atoms with van der Waals surface area (Å²) in [6.07, 6.45) is 0. The summed E-state index contributed by atoms with van der Waals surface area (Å²) in [5, 5.41) is 3.56. The highest BCUT2D eigenvalue weighted by Gasteiger charge is 2.15. The molecule has 108 valence electrons. The van der Waals surface area contributed by atoms with Gasteiger partial charge in [0, 0.05) is 17.2 Å². The van der Waals surface area contributed by atoms with Crippen LogP contribution in [0.5, 0.6) is 0 Å². The second-order valence-electron chi connectivity index (χ2n) is 5.30. The van der Waals surface area contributed by atoms with E-state index < -0.39 is 0 Å². The standard InChI is InChI=1S/C17H18BrN3/c1-11-13(18)7-6-9-14(11)19-12(2)17-20-15-8-4-5-10-16(15)21(17)3/h4-10,12,19H,1-3H3. The first kappa shape index (κ1) is 14.1. The van der Waals surface area contributed by atoms with Gasteiger partial charge in [0.05, 0.1) is 17.1 Å². The Morgan fingerprint density at radius 1 is 1.14 bits per heavy atom. The molecule has 1 aromatic heterocycles. The number of benzene rings is 2. The van der Waals surface area contributed by atoms with Crippen LogP contribution in [0.3, 0.4) is 0 Å². The molecule has 0 bridgehead atoms. The normalized spacial score (nSPS) is 12.6. The quantitative estimate of drug-likeness (QED) is 0.738. The summed E-state index contributed by atoms with van der Waals surface area (Å²) in [7, 11) is 2.07. The summed E-state index contributed by atoms with van der Waals surface area (Å²) in [5.41, 5.74) is 4.54. The van der Waals surface area contributed by atoms with Gasteiger partial charge in [0.25, 0.3) is 0 Å². The minimum Gasteiger partial charge on any atom is -0.375 e. The van der Waals surface area contributed by atoms with Crippen LogP contribution in [-0.4, -0.2) is 9.55 Å². The van der Waals surface area contributed by atoms with Crippen LogP contribution in [0.4, 0.5) is 5.69 Å². The zero-order valence-electron chi connectivity index (χ0n) is 12.4. The summed E-state index contributed by atoms with van der Waals surface area (Å²) in [4.78, 5) is 4.75. The minimum atomic E-state index is 0.135. The van der Waals surface area contributed by atoms with Crippen LogP contribution in [0.15, 0.2) is 46.9 Å². The fraction of sp³-hybridized carbons (Fsp3) is 0.235. The number of rotatable bonds is 3. The van der Waals surface area contributed by atoms with Crippen molar-refractivity contribution in [3.63, 3.8) is 0 Å². The maximum Gasteiger partial charge on any atom is 0.131 e. The third-order valence-electron chi connectivity index (χ3n) is 3.85. The third kappa shape index (κ3) is 2.56. The van der Waals surface area contributed by atoms with Gasteiger partial charge in [0.15, 0.2) is 0 Å². The number of aromatic nitrogens is 2. The summed E-state index contributed by atoms with van der Waals surface area (Å²) in [6, 6.07) is 14.6. The molecule has 21 heavy (non-hydrogen) atoms. The molecule has 1 unspecified atom stereocenters. The lowest BCUT2D eigenvalue weighted by atomic mass is 10.2. The van der Waals surface area contributed by atoms with E-state index in [0.717, 1.165) is 27.0 Å². The molecule has 4 heteroatoms. The second-order valence-corrected chi connectivity index (χ2v) is 6.15. The molecule has 0 aliphatic rings. The molecule has 0 spiro atoms. The van der Waals surface area contributed by atoms with Gasteiger partial charge in [-0.25, -0.2) is 4.98 Å². The number of aryl methyl sites for hydroxylation is 1. The van der Waals surface area contributed by atoms with Crippen LogP contribution >= 0.6 is 15.9 Å². The SMILES string of the molecule is Cc1c(Br)cccc1NC(C)c1nc2ccccc2n1C. The summed E-state index contributed by atoms with van der Waals surface area (Å²) in [5.74, 6) is 1.04. The van der Waals surface area contributed by atoms with Gasteiger partial charge >= 0.3 is 0 Å². The van der Waals surface area contributed by atoms with E-state index in [9.17, 15) is 0 Å². The molecule has 3 rings (SSSR count). The van der Waals surface area contributed by atoms with Crippen LogP contribution in [0.25, 0.3) is 11.0 Å². The molecule has 3 aromatic rings. The van der Waals surface area contributed by atoms with E-state index in [1.54, 1.807) is 0 Å². The van der Waals surface area contributed by atoms with Crippen LogP contribution in [-0.2, 0) is 7.05 Å². The fourth-order valence-electron chi connectivity index (χ4n) is 2.61. The first-order chi connectivity index (χ1) is 10.1. The van der Waals surface area contributed by atoms with Gasteiger partial charge in [0.1, 0.15) is 5.82 Å². The molecule has 1 N–H and O–H groups in total. The van der Waals surface area contributed by atoms with E-state index in [-0.39, 0.29) is 6.04 Å². The number of nitrogens with zero attached hydrogens (tertiary/aromatic N) is 2. The number of fused-ring (bicyclic) bond motifs is 1. The Labute approximate surface area is 133 Å². The van der Waals surface area contributed by atoms with Crippen molar-refractivity contribution >= 4 is 32.7 Å². The van der Waals surface area contributed by atoms with Crippen molar-refractivity contribution in [2.75, 3.05) is 5.32 Å². The summed E-state index contributed by atoms with van der Waals surface area (Å²) in [6.45, 7) is 4.25. The highest BCUT2D eigenvalue weighted by atomic mass is 79.9.